The molecule has 1 rings (SSSR count). The fourth-order valence-corrected chi connectivity index (χ4v) is 1.15. The van der Waals surface area contributed by atoms with Crippen molar-refractivity contribution < 1.29 is 23.0 Å². The summed E-state index contributed by atoms with van der Waals surface area (Å²) in [5, 5.41) is 0. The second-order valence-electron chi connectivity index (χ2n) is 3.39. The molecule has 0 aliphatic carbocycles. The number of ether oxygens (including phenoxy) is 2. The SMILES string of the molecule is COc1ccc(F)c(C(=O)OC(C)C)c1F. The van der Waals surface area contributed by atoms with Gasteiger partial charge in [-0.25, -0.2) is 13.6 Å². The topological polar surface area (TPSA) is 35.5 Å². The van der Waals surface area contributed by atoms with Gasteiger partial charge in [-0.3, -0.25) is 0 Å². The van der Waals surface area contributed by atoms with E-state index in [2.05, 4.69) is 4.74 Å². The van der Waals surface area contributed by atoms with Gasteiger partial charge in [-0.15, -0.1) is 0 Å². The van der Waals surface area contributed by atoms with Crippen LogP contribution in [-0.4, -0.2) is 19.2 Å². The average Bonchev–Trinajstić information content (AvgIpc) is 2.16. The zero-order chi connectivity index (χ0) is 12.3. The molecule has 0 heterocycles. The van der Waals surface area contributed by atoms with E-state index in [0.29, 0.717) is 0 Å². The van der Waals surface area contributed by atoms with E-state index < -0.39 is 29.3 Å². The molecule has 0 fully saturated rings. The van der Waals surface area contributed by atoms with E-state index in [9.17, 15) is 13.6 Å². The lowest BCUT2D eigenvalue weighted by Crippen LogP contribution is -2.15. The molecule has 0 amide bonds. The lowest BCUT2D eigenvalue weighted by atomic mass is 10.2. The summed E-state index contributed by atoms with van der Waals surface area (Å²) in [5.74, 6) is -3.25. The van der Waals surface area contributed by atoms with E-state index in [-0.39, 0.29) is 5.75 Å². The van der Waals surface area contributed by atoms with E-state index in [1.54, 1.807) is 13.8 Å². The van der Waals surface area contributed by atoms with Crippen molar-refractivity contribution in [3.05, 3.63) is 29.3 Å². The first kappa shape index (κ1) is 12.4. The highest BCUT2D eigenvalue weighted by Gasteiger charge is 2.23. The zero-order valence-electron chi connectivity index (χ0n) is 9.21. The zero-order valence-corrected chi connectivity index (χ0v) is 9.21. The van der Waals surface area contributed by atoms with Gasteiger partial charge in [0.25, 0.3) is 0 Å². The molecule has 5 heteroatoms. The Balaban J connectivity index is 3.16. The van der Waals surface area contributed by atoms with E-state index in [0.717, 1.165) is 12.1 Å². The highest BCUT2D eigenvalue weighted by atomic mass is 19.1. The van der Waals surface area contributed by atoms with E-state index >= 15 is 0 Å². The Morgan fingerprint density at radius 2 is 1.94 bits per heavy atom. The fourth-order valence-electron chi connectivity index (χ4n) is 1.15. The molecule has 0 aliphatic heterocycles. The predicted molar refractivity (Wildman–Crippen MR) is 53.5 cm³/mol. The number of halogens is 2. The summed E-state index contributed by atoms with van der Waals surface area (Å²) in [6, 6.07) is 2.07. The van der Waals surface area contributed by atoms with Crippen molar-refractivity contribution in [3.8, 4) is 5.75 Å². The van der Waals surface area contributed by atoms with Gasteiger partial charge in [0.1, 0.15) is 11.4 Å². The second kappa shape index (κ2) is 4.92. The molecule has 0 bridgehead atoms. The molecule has 0 aromatic heterocycles. The van der Waals surface area contributed by atoms with Crippen molar-refractivity contribution in [2.24, 2.45) is 0 Å². The van der Waals surface area contributed by atoms with Crippen molar-refractivity contribution in [3.63, 3.8) is 0 Å². The lowest BCUT2D eigenvalue weighted by Gasteiger charge is -2.10. The summed E-state index contributed by atoms with van der Waals surface area (Å²) >= 11 is 0. The molecule has 0 radical (unpaired) electrons. The molecule has 0 N–H and O–H groups in total. The molecule has 0 atom stereocenters. The van der Waals surface area contributed by atoms with Crippen molar-refractivity contribution in [2.75, 3.05) is 7.11 Å². The third-order valence-corrected chi connectivity index (χ3v) is 1.82. The number of methoxy groups -OCH3 is 1. The van der Waals surface area contributed by atoms with Gasteiger partial charge in [0.2, 0.25) is 0 Å². The van der Waals surface area contributed by atoms with Crippen molar-refractivity contribution >= 4 is 5.97 Å². The summed E-state index contributed by atoms with van der Waals surface area (Å²) in [5.41, 5.74) is -0.729. The van der Waals surface area contributed by atoms with Crippen LogP contribution in [0.5, 0.6) is 5.75 Å². The predicted octanol–water partition coefficient (Wildman–Crippen LogP) is 2.54. The Kier molecular flexibility index (Phi) is 3.82. The Bertz CT molecular complexity index is 402. The average molecular weight is 230 g/mol. The molecular formula is C11H12F2O3. The van der Waals surface area contributed by atoms with Crippen LogP contribution >= 0.6 is 0 Å². The number of hydrogen-bond acceptors (Lipinski definition) is 3. The van der Waals surface area contributed by atoms with E-state index in [1.807, 2.05) is 0 Å². The van der Waals surface area contributed by atoms with Crippen LogP contribution in [-0.2, 0) is 4.74 Å². The first-order valence-corrected chi connectivity index (χ1v) is 4.70. The van der Waals surface area contributed by atoms with Gasteiger partial charge in [-0.1, -0.05) is 0 Å². The van der Waals surface area contributed by atoms with Crippen LogP contribution in [0.2, 0.25) is 0 Å². The third kappa shape index (κ3) is 2.48. The number of benzene rings is 1. The number of esters is 1. The summed E-state index contributed by atoms with van der Waals surface area (Å²) in [4.78, 5) is 11.4. The Morgan fingerprint density at radius 1 is 1.31 bits per heavy atom. The summed E-state index contributed by atoms with van der Waals surface area (Å²) in [6.07, 6.45) is -0.447. The number of hydrogen-bond donors (Lipinski definition) is 0. The summed E-state index contributed by atoms with van der Waals surface area (Å²) in [7, 11) is 1.23. The largest absolute Gasteiger partial charge is 0.494 e. The summed E-state index contributed by atoms with van der Waals surface area (Å²) in [6.45, 7) is 3.18. The van der Waals surface area contributed by atoms with Gasteiger partial charge in [0.15, 0.2) is 11.6 Å². The highest BCUT2D eigenvalue weighted by Crippen LogP contribution is 2.23. The summed E-state index contributed by atoms with van der Waals surface area (Å²) < 4.78 is 36.2. The van der Waals surface area contributed by atoms with Crippen LogP contribution in [0.15, 0.2) is 12.1 Å². The minimum atomic E-state index is -1.05. The Labute approximate surface area is 92.0 Å². The van der Waals surface area contributed by atoms with Crippen molar-refractivity contribution in [2.45, 2.75) is 20.0 Å². The molecule has 0 aliphatic rings. The van der Waals surface area contributed by atoms with Gasteiger partial charge < -0.3 is 9.47 Å². The maximum Gasteiger partial charge on any atom is 0.344 e. The first-order chi connectivity index (χ1) is 7.47. The monoisotopic (exact) mass is 230 g/mol. The maximum atomic E-state index is 13.6. The fraction of sp³-hybridized carbons (Fsp3) is 0.364. The molecule has 0 spiro atoms. The van der Waals surface area contributed by atoms with Crippen molar-refractivity contribution in [1.29, 1.82) is 0 Å². The standard InChI is InChI=1S/C11H12F2O3/c1-6(2)16-11(14)9-7(12)4-5-8(15-3)10(9)13/h4-6H,1-3H3. The number of carbonyl (C=O) groups excluding carboxylic acids is 1. The molecule has 0 unspecified atom stereocenters. The minimum Gasteiger partial charge on any atom is -0.494 e. The normalized spacial score (nSPS) is 10.4. The van der Waals surface area contributed by atoms with E-state index in [1.165, 1.54) is 7.11 Å². The van der Waals surface area contributed by atoms with Gasteiger partial charge in [-0.2, -0.15) is 0 Å². The van der Waals surface area contributed by atoms with Gasteiger partial charge in [0, 0.05) is 0 Å². The van der Waals surface area contributed by atoms with Crippen LogP contribution in [0.1, 0.15) is 24.2 Å². The molecule has 0 saturated carbocycles. The molecule has 3 nitrogen and oxygen atoms in total. The molecule has 88 valence electrons. The van der Waals surface area contributed by atoms with Crippen LogP contribution in [0, 0.1) is 11.6 Å². The number of carbonyl (C=O) groups is 1. The van der Waals surface area contributed by atoms with E-state index in [4.69, 9.17) is 4.74 Å². The maximum absolute atomic E-state index is 13.6. The molecule has 1 aromatic carbocycles. The van der Waals surface area contributed by atoms with Gasteiger partial charge >= 0.3 is 5.97 Å². The van der Waals surface area contributed by atoms with Gasteiger partial charge in [0.05, 0.1) is 13.2 Å². The second-order valence-corrected chi connectivity index (χ2v) is 3.39. The molecule has 16 heavy (non-hydrogen) atoms. The minimum absolute atomic E-state index is 0.197. The molecule has 0 saturated heterocycles. The lowest BCUT2D eigenvalue weighted by molar-refractivity contribution is 0.0366. The van der Waals surface area contributed by atoms with Gasteiger partial charge in [-0.05, 0) is 26.0 Å². The van der Waals surface area contributed by atoms with Crippen LogP contribution < -0.4 is 4.74 Å². The Morgan fingerprint density at radius 3 is 2.44 bits per heavy atom. The van der Waals surface area contributed by atoms with Crippen LogP contribution in [0.4, 0.5) is 8.78 Å². The molecular weight excluding hydrogens is 218 g/mol. The van der Waals surface area contributed by atoms with Crippen LogP contribution in [0.3, 0.4) is 0 Å². The highest BCUT2D eigenvalue weighted by molar-refractivity contribution is 5.90. The smallest absolute Gasteiger partial charge is 0.344 e. The Hall–Kier alpha value is -1.65. The van der Waals surface area contributed by atoms with Crippen molar-refractivity contribution in [1.82, 2.24) is 0 Å². The number of rotatable bonds is 3. The molecule has 1 aromatic rings. The first-order valence-electron chi connectivity index (χ1n) is 4.70. The van der Waals surface area contributed by atoms with Crippen LogP contribution in [0.25, 0.3) is 0 Å². The quantitative estimate of drug-likeness (QED) is 0.748. The third-order valence-electron chi connectivity index (χ3n) is 1.82.